The molecule has 2 rings (SSSR count). The van der Waals surface area contributed by atoms with Crippen molar-refractivity contribution in [3.63, 3.8) is 0 Å². The van der Waals surface area contributed by atoms with Crippen LogP contribution in [0, 0.1) is 13.8 Å². The van der Waals surface area contributed by atoms with E-state index in [2.05, 4.69) is 4.98 Å². The monoisotopic (exact) mass is 361 g/mol. The van der Waals surface area contributed by atoms with Crippen molar-refractivity contribution in [3.8, 4) is 0 Å². The zero-order valence-corrected chi connectivity index (χ0v) is 15.4. The van der Waals surface area contributed by atoms with Crippen molar-refractivity contribution in [1.29, 1.82) is 0 Å². The molecule has 6 heteroatoms. The van der Waals surface area contributed by atoms with Crippen LogP contribution >= 0.6 is 11.6 Å². The molecule has 0 atom stereocenters. The maximum atomic E-state index is 12.1. The lowest BCUT2D eigenvalue weighted by Gasteiger charge is -2.09. The highest BCUT2D eigenvalue weighted by Crippen LogP contribution is 2.26. The summed E-state index contributed by atoms with van der Waals surface area (Å²) in [5.41, 5.74) is 3.11. The lowest BCUT2D eigenvalue weighted by molar-refractivity contribution is -0.146. The predicted molar refractivity (Wildman–Crippen MR) is 97.5 cm³/mol. The summed E-state index contributed by atoms with van der Waals surface area (Å²) in [6.45, 7) is 7.58. The average molecular weight is 362 g/mol. The molecular formula is C19H20ClNO4. The third-order valence-electron chi connectivity index (χ3n) is 3.56. The summed E-state index contributed by atoms with van der Waals surface area (Å²) < 4.78 is 9.88. The van der Waals surface area contributed by atoms with E-state index in [0.717, 1.165) is 22.0 Å². The zero-order valence-electron chi connectivity index (χ0n) is 14.7. The third-order valence-corrected chi connectivity index (χ3v) is 3.86. The molecule has 0 saturated carbocycles. The summed E-state index contributed by atoms with van der Waals surface area (Å²) in [4.78, 5) is 28.6. The highest BCUT2D eigenvalue weighted by atomic mass is 35.5. The number of carbonyl (C=O) groups excluding carboxylic acids is 2. The van der Waals surface area contributed by atoms with E-state index in [1.54, 1.807) is 19.9 Å². The zero-order chi connectivity index (χ0) is 18.6. The van der Waals surface area contributed by atoms with Crippen LogP contribution in [-0.4, -0.2) is 30.1 Å². The van der Waals surface area contributed by atoms with Crippen LogP contribution in [-0.2, 0) is 19.1 Å². The van der Waals surface area contributed by atoms with E-state index in [1.807, 2.05) is 26.0 Å². The van der Waals surface area contributed by atoms with Gasteiger partial charge in [0.1, 0.15) is 10.7 Å². The van der Waals surface area contributed by atoms with Crippen molar-refractivity contribution in [1.82, 2.24) is 4.98 Å². The Morgan fingerprint density at radius 1 is 1.08 bits per heavy atom. The van der Waals surface area contributed by atoms with Gasteiger partial charge in [-0.15, -0.1) is 0 Å². The summed E-state index contributed by atoms with van der Waals surface area (Å²) in [6.07, 6.45) is 1.37. The first kappa shape index (κ1) is 18.9. The molecule has 0 fully saturated rings. The molecule has 0 radical (unpaired) electrons. The molecule has 25 heavy (non-hydrogen) atoms. The Morgan fingerprint density at radius 3 is 2.24 bits per heavy atom. The lowest BCUT2D eigenvalue weighted by atomic mass is 10.0. The SMILES string of the molecule is CCOC(=O)C(=Cc1cc2c(C)cc(C)cc2nc1Cl)C(=O)OCC. The summed E-state index contributed by atoms with van der Waals surface area (Å²) in [6, 6.07) is 5.76. The van der Waals surface area contributed by atoms with Crippen LogP contribution in [0.25, 0.3) is 17.0 Å². The first-order chi connectivity index (χ1) is 11.9. The van der Waals surface area contributed by atoms with Gasteiger partial charge in [-0.05, 0) is 57.0 Å². The fraction of sp³-hybridized carbons (Fsp3) is 0.316. The van der Waals surface area contributed by atoms with Crippen molar-refractivity contribution in [2.24, 2.45) is 0 Å². The van der Waals surface area contributed by atoms with Crippen LogP contribution < -0.4 is 0 Å². The molecule has 0 aliphatic carbocycles. The van der Waals surface area contributed by atoms with E-state index in [1.165, 1.54) is 6.08 Å². The largest absolute Gasteiger partial charge is 0.462 e. The molecule has 0 unspecified atom stereocenters. The smallest absolute Gasteiger partial charge is 0.345 e. The molecule has 0 amide bonds. The van der Waals surface area contributed by atoms with Gasteiger partial charge in [0.05, 0.1) is 18.7 Å². The van der Waals surface area contributed by atoms with E-state index >= 15 is 0 Å². The van der Waals surface area contributed by atoms with Crippen molar-refractivity contribution in [2.45, 2.75) is 27.7 Å². The summed E-state index contributed by atoms with van der Waals surface area (Å²) in [5.74, 6) is -1.50. The number of benzene rings is 1. The maximum absolute atomic E-state index is 12.1. The number of aryl methyl sites for hydroxylation is 2. The van der Waals surface area contributed by atoms with Gasteiger partial charge in [0, 0.05) is 10.9 Å². The van der Waals surface area contributed by atoms with Gasteiger partial charge < -0.3 is 9.47 Å². The summed E-state index contributed by atoms with van der Waals surface area (Å²) in [5, 5.41) is 1.09. The minimum absolute atomic E-state index is 0.150. The number of nitrogens with zero attached hydrogens (tertiary/aromatic N) is 1. The molecular weight excluding hydrogens is 342 g/mol. The molecule has 132 valence electrons. The fourth-order valence-electron chi connectivity index (χ4n) is 2.50. The van der Waals surface area contributed by atoms with Crippen molar-refractivity contribution < 1.29 is 19.1 Å². The van der Waals surface area contributed by atoms with E-state index in [-0.39, 0.29) is 23.9 Å². The van der Waals surface area contributed by atoms with E-state index in [4.69, 9.17) is 21.1 Å². The minimum atomic E-state index is -0.752. The van der Waals surface area contributed by atoms with Crippen molar-refractivity contribution in [2.75, 3.05) is 13.2 Å². The van der Waals surface area contributed by atoms with Crippen LogP contribution in [0.2, 0.25) is 5.15 Å². The Bertz CT molecular complexity index is 838. The minimum Gasteiger partial charge on any atom is -0.462 e. The lowest BCUT2D eigenvalue weighted by Crippen LogP contribution is -2.18. The molecule has 0 saturated heterocycles. The Kier molecular flexibility index (Phi) is 6.15. The predicted octanol–water partition coefficient (Wildman–Crippen LogP) is 4.01. The van der Waals surface area contributed by atoms with Gasteiger partial charge in [-0.2, -0.15) is 0 Å². The number of hydrogen-bond acceptors (Lipinski definition) is 5. The Hall–Kier alpha value is -2.40. The molecule has 1 aromatic carbocycles. The topological polar surface area (TPSA) is 65.5 Å². The quantitative estimate of drug-likeness (QED) is 0.264. The Morgan fingerprint density at radius 2 is 1.68 bits per heavy atom. The van der Waals surface area contributed by atoms with Gasteiger partial charge in [-0.3, -0.25) is 0 Å². The molecule has 1 aromatic heterocycles. The number of pyridine rings is 1. The van der Waals surface area contributed by atoms with Gasteiger partial charge in [-0.25, -0.2) is 14.6 Å². The average Bonchev–Trinajstić information content (AvgIpc) is 2.53. The molecule has 0 aliphatic heterocycles. The number of hydrogen-bond donors (Lipinski definition) is 0. The number of rotatable bonds is 5. The van der Waals surface area contributed by atoms with E-state index in [9.17, 15) is 9.59 Å². The van der Waals surface area contributed by atoms with E-state index < -0.39 is 11.9 Å². The normalized spacial score (nSPS) is 10.4. The number of fused-ring (bicyclic) bond motifs is 1. The standard InChI is InChI=1S/C19H20ClNO4/c1-5-24-18(22)15(19(23)25-6-2)10-13-9-14-12(4)7-11(3)8-16(14)21-17(13)20/h7-10H,5-6H2,1-4H3. The fourth-order valence-corrected chi connectivity index (χ4v) is 2.70. The number of halogens is 1. The van der Waals surface area contributed by atoms with Crippen molar-refractivity contribution >= 4 is 40.5 Å². The molecule has 2 aromatic rings. The number of ether oxygens (including phenoxy) is 2. The first-order valence-electron chi connectivity index (χ1n) is 8.00. The summed E-state index contributed by atoms with van der Waals surface area (Å²) >= 11 is 6.26. The van der Waals surface area contributed by atoms with Crippen LogP contribution in [0.4, 0.5) is 0 Å². The third kappa shape index (κ3) is 4.37. The highest BCUT2D eigenvalue weighted by molar-refractivity contribution is 6.32. The van der Waals surface area contributed by atoms with Crippen LogP contribution in [0.5, 0.6) is 0 Å². The van der Waals surface area contributed by atoms with Gasteiger partial charge in [0.15, 0.2) is 0 Å². The van der Waals surface area contributed by atoms with Gasteiger partial charge >= 0.3 is 11.9 Å². The van der Waals surface area contributed by atoms with Crippen molar-refractivity contribution in [3.05, 3.63) is 45.6 Å². The first-order valence-corrected chi connectivity index (χ1v) is 8.38. The van der Waals surface area contributed by atoms with Gasteiger partial charge in [0.25, 0.3) is 0 Å². The molecule has 1 heterocycles. The highest BCUT2D eigenvalue weighted by Gasteiger charge is 2.22. The molecule has 0 aliphatic rings. The number of carbonyl (C=O) groups is 2. The number of aromatic nitrogens is 1. The second-order valence-electron chi connectivity index (χ2n) is 5.52. The van der Waals surface area contributed by atoms with Gasteiger partial charge in [0.2, 0.25) is 0 Å². The molecule has 0 spiro atoms. The second-order valence-corrected chi connectivity index (χ2v) is 5.87. The van der Waals surface area contributed by atoms with Crippen LogP contribution in [0.15, 0.2) is 23.8 Å². The molecule has 0 N–H and O–H groups in total. The maximum Gasteiger partial charge on any atom is 0.345 e. The van der Waals surface area contributed by atoms with Crippen LogP contribution in [0.3, 0.4) is 0 Å². The second kappa shape index (κ2) is 8.12. The Balaban J connectivity index is 2.59. The molecule has 5 nitrogen and oxygen atoms in total. The van der Waals surface area contributed by atoms with Crippen LogP contribution in [0.1, 0.15) is 30.5 Å². The van der Waals surface area contributed by atoms with E-state index in [0.29, 0.717) is 5.56 Å². The number of esters is 2. The Labute approximate surface area is 151 Å². The summed E-state index contributed by atoms with van der Waals surface area (Å²) in [7, 11) is 0. The molecule has 0 bridgehead atoms. The van der Waals surface area contributed by atoms with Gasteiger partial charge in [-0.1, -0.05) is 17.7 Å².